The molecule has 2 fully saturated rings. The summed E-state index contributed by atoms with van der Waals surface area (Å²) < 4.78 is 54.2. The Hall–Kier alpha value is -2.92. The van der Waals surface area contributed by atoms with Gasteiger partial charge in [0.15, 0.2) is 21.5 Å². The lowest BCUT2D eigenvalue weighted by atomic mass is 9.70. The average molecular weight is 563 g/mol. The lowest BCUT2D eigenvalue weighted by Gasteiger charge is -2.45. The second kappa shape index (κ2) is 10.00. The average Bonchev–Trinajstić information content (AvgIpc) is 3.06. The molecule has 0 aliphatic heterocycles. The Morgan fingerprint density at radius 1 is 1.05 bits per heavy atom. The summed E-state index contributed by atoms with van der Waals surface area (Å²) in [5.74, 6) is -3.87. The number of nitrogens with zero attached hydrogens (tertiary/aromatic N) is 1. The summed E-state index contributed by atoms with van der Waals surface area (Å²) in [5, 5.41) is 24.1. The van der Waals surface area contributed by atoms with Gasteiger partial charge in [0.05, 0.1) is 20.9 Å². The van der Waals surface area contributed by atoms with E-state index in [0.717, 1.165) is 12.1 Å². The fourth-order valence-corrected chi connectivity index (χ4v) is 8.24. The van der Waals surface area contributed by atoms with Crippen LogP contribution in [0.2, 0.25) is 5.02 Å². The van der Waals surface area contributed by atoms with Crippen molar-refractivity contribution in [3.05, 3.63) is 88.7 Å². The van der Waals surface area contributed by atoms with Crippen molar-refractivity contribution in [2.75, 3.05) is 5.32 Å². The van der Waals surface area contributed by atoms with E-state index >= 15 is 0 Å². The minimum absolute atomic E-state index is 0.00265. The number of aromatic nitrogens is 1. The minimum Gasteiger partial charge on any atom is -0.386 e. The number of sulfone groups is 1. The standard InChI is InChI=1S/C27H25ClF2N2O5S/c28-20-8-4-15(26(34)32-18-7-9-21(29)22(30)14-18)11-24(20)38(36,37)19-12-16-5-6-17(13-19)27(16,35)25(33)23-3-1-2-10-31-23/h1-4,7-11,14,16-17,19,25,33,35H,5-6,12-13H2,(H,32,34). The van der Waals surface area contributed by atoms with Gasteiger partial charge in [-0.3, -0.25) is 9.78 Å². The van der Waals surface area contributed by atoms with Crippen molar-refractivity contribution in [1.29, 1.82) is 0 Å². The molecule has 11 heteroatoms. The smallest absolute Gasteiger partial charge is 0.255 e. The van der Waals surface area contributed by atoms with Crippen LogP contribution in [0.15, 0.2) is 65.7 Å². The molecule has 1 amide bonds. The summed E-state index contributed by atoms with van der Waals surface area (Å²) in [5.41, 5.74) is -1.20. The zero-order chi connectivity index (χ0) is 27.2. The Morgan fingerprint density at radius 3 is 2.39 bits per heavy atom. The number of rotatable bonds is 6. The molecule has 200 valence electrons. The first-order valence-electron chi connectivity index (χ1n) is 12.1. The van der Waals surface area contributed by atoms with Crippen LogP contribution in [-0.4, -0.2) is 40.4 Å². The summed E-state index contributed by atoms with van der Waals surface area (Å²) in [6.07, 6.45) is 1.61. The van der Waals surface area contributed by atoms with Gasteiger partial charge < -0.3 is 15.5 Å². The molecule has 2 aliphatic rings. The first-order chi connectivity index (χ1) is 18.0. The van der Waals surface area contributed by atoms with Crippen molar-refractivity contribution in [3.8, 4) is 0 Å². The van der Waals surface area contributed by atoms with Gasteiger partial charge in [0.2, 0.25) is 0 Å². The van der Waals surface area contributed by atoms with E-state index in [-0.39, 0.29) is 34.0 Å². The Kier molecular flexibility index (Phi) is 7.02. The number of hydrogen-bond acceptors (Lipinski definition) is 6. The quantitative estimate of drug-likeness (QED) is 0.401. The maximum absolute atomic E-state index is 13.7. The third kappa shape index (κ3) is 4.59. The first-order valence-corrected chi connectivity index (χ1v) is 14.1. The van der Waals surface area contributed by atoms with Crippen LogP contribution in [0.1, 0.15) is 47.8 Å². The number of hydrogen-bond donors (Lipinski definition) is 3. The van der Waals surface area contributed by atoms with E-state index in [0.29, 0.717) is 18.5 Å². The van der Waals surface area contributed by atoms with Crippen LogP contribution in [0, 0.1) is 23.5 Å². The highest BCUT2D eigenvalue weighted by Gasteiger charge is 2.59. The lowest BCUT2D eigenvalue weighted by molar-refractivity contribution is -0.145. The molecule has 3 aromatic rings. The monoisotopic (exact) mass is 562 g/mol. The number of nitrogens with one attached hydrogen (secondary N) is 1. The van der Waals surface area contributed by atoms with Crippen molar-refractivity contribution < 1.29 is 32.2 Å². The molecule has 2 saturated carbocycles. The fourth-order valence-electron chi connectivity index (χ4n) is 5.84. The molecule has 5 rings (SSSR count). The number of benzene rings is 2. The SMILES string of the molecule is O=C(Nc1ccc(F)c(F)c1)c1ccc(Cl)c(S(=O)(=O)C2CC3CCC(C2)C3(O)C(O)c2ccccn2)c1. The number of aliphatic hydroxyl groups is 2. The molecule has 2 aromatic carbocycles. The Bertz CT molecular complexity index is 1470. The zero-order valence-electron chi connectivity index (χ0n) is 20.0. The molecule has 2 aliphatic carbocycles. The van der Waals surface area contributed by atoms with E-state index in [1.165, 1.54) is 30.5 Å². The summed E-state index contributed by atoms with van der Waals surface area (Å²) >= 11 is 6.28. The van der Waals surface area contributed by atoms with Gasteiger partial charge in [0.1, 0.15) is 11.7 Å². The zero-order valence-corrected chi connectivity index (χ0v) is 21.6. The number of fused-ring (bicyclic) bond motifs is 2. The molecular formula is C27H25ClF2N2O5S. The van der Waals surface area contributed by atoms with Crippen molar-refractivity contribution in [2.24, 2.45) is 11.8 Å². The topological polar surface area (TPSA) is 117 Å². The summed E-state index contributed by atoms with van der Waals surface area (Å²) in [4.78, 5) is 16.7. The van der Waals surface area contributed by atoms with Gasteiger partial charge in [-0.25, -0.2) is 17.2 Å². The second-order valence-corrected chi connectivity index (χ2v) is 12.5. The van der Waals surface area contributed by atoms with Crippen molar-refractivity contribution in [3.63, 3.8) is 0 Å². The molecule has 0 saturated heterocycles. The number of halogens is 3. The molecular weight excluding hydrogens is 538 g/mol. The first kappa shape index (κ1) is 26.7. The van der Waals surface area contributed by atoms with Crippen LogP contribution in [0.3, 0.4) is 0 Å². The van der Waals surface area contributed by atoms with Crippen LogP contribution >= 0.6 is 11.6 Å². The lowest BCUT2D eigenvalue weighted by Crippen LogP contribution is -2.52. The number of aliphatic hydroxyl groups excluding tert-OH is 1. The molecule has 1 heterocycles. The Balaban J connectivity index is 1.39. The molecule has 2 bridgehead atoms. The normalized spacial score (nSPS) is 25.7. The number of carbonyl (C=O) groups excluding carboxylic acids is 1. The molecule has 0 radical (unpaired) electrons. The van der Waals surface area contributed by atoms with Crippen LogP contribution in [0.4, 0.5) is 14.5 Å². The van der Waals surface area contributed by atoms with Gasteiger partial charge in [-0.2, -0.15) is 0 Å². The van der Waals surface area contributed by atoms with E-state index < -0.39 is 56.2 Å². The molecule has 38 heavy (non-hydrogen) atoms. The predicted molar refractivity (Wildman–Crippen MR) is 136 cm³/mol. The Labute approximate surface area is 223 Å². The fraction of sp³-hybridized carbons (Fsp3) is 0.333. The molecule has 0 spiro atoms. The van der Waals surface area contributed by atoms with Crippen molar-refractivity contribution in [1.82, 2.24) is 4.98 Å². The third-order valence-corrected chi connectivity index (χ3v) is 10.4. The third-order valence-electron chi connectivity index (χ3n) is 7.79. The highest BCUT2D eigenvalue weighted by molar-refractivity contribution is 7.92. The number of pyridine rings is 1. The van der Waals surface area contributed by atoms with Gasteiger partial charge >= 0.3 is 0 Å². The molecule has 3 unspecified atom stereocenters. The van der Waals surface area contributed by atoms with E-state index in [9.17, 15) is 32.2 Å². The van der Waals surface area contributed by atoms with E-state index in [2.05, 4.69) is 10.3 Å². The van der Waals surface area contributed by atoms with Crippen LogP contribution in [0.5, 0.6) is 0 Å². The van der Waals surface area contributed by atoms with Gasteiger partial charge in [-0.1, -0.05) is 17.7 Å². The van der Waals surface area contributed by atoms with Gasteiger partial charge in [0, 0.05) is 23.5 Å². The van der Waals surface area contributed by atoms with Gasteiger partial charge in [0.25, 0.3) is 5.91 Å². The molecule has 3 atom stereocenters. The van der Waals surface area contributed by atoms with Crippen LogP contribution in [0.25, 0.3) is 0 Å². The highest BCUT2D eigenvalue weighted by Crippen LogP contribution is 2.56. The maximum atomic E-state index is 13.7. The minimum atomic E-state index is -4.03. The molecule has 3 N–H and O–H groups in total. The maximum Gasteiger partial charge on any atom is 0.255 e. The Morgan fingerprint density at radius 2 is 1.76 bits per heavy atom. The van der Waals surface area contributed by atoms with Gasteiger partial charge in [-0.15, -0.1) is 0 Å². The number of carbonyl (C=O) groups is 1. The molecule has 1 aromatic heterocycles. The van der Waals surface area contributed by atoms with E-state index in [1.54, 1.807) is 18.2 Å². The summed E-state index contributed by atoms with van der Waals surface area (Å²) in [6, 6.07) is 11.7. The number of amides is 1. The van der Waals surface area contributed by atoms with Crippen LogP contribution in [-0.2, 0) is 9.84 Å². The molecule has 7 nitrogen and oxygen atoms in total. The number of anilines is 1. The van der Waals surface area contributed by atoms with Crippen LogP contribution < -0.4 is 5.32 Å². The van der Waals surface area contributed by atoms with Gasteiger partial charge in [-0.05, 0) is 80.0 Å². The highest BCUT2D eigenvalue weighted by atomic mass is 35.5. The van der Waals surface area contributed by atoms with E-state index in [1.807, 2.05) is 0 Å². The summed E-state index contributed by atoms with van der Waals surface area (Å²) in [7, 11) is -4.03. The van der Waals surface area contributed by atoms with Crippen molar-refractivity contribution >= 4 is 33.0 Å². The second-order valence-electron chi connectivity index (χ2n) is 9.88. The largest absolute Gasteiger partial charge is 0.386 e. The van der Waals surface area contributed by atoms with E-state index in [4.69, 9.17) is 11.6 Å². The van der Waals surface area contributed by atoms with Crippen molar-refractivity contribution in [2.45, 2.75) is 47.5 Å². The summed E-state index contributed by atoms with van der Waals surface area (Å²) in [6.45, 7) is 0. The predicted octanol–water partition coefficient (Wildman–Crippen LogP) is 4.69.